The molecule has 1 atom stereocenters. The third kappa shape index (κ3) is 5.61. The van der Waals surface area contributed by atoms with Crippen LogP contribution in [0.3, 0.4) is 0 Å². The summed E-state index contributed by atoms with van der Waals surface area (Å²) < 4.78 is 5.82. The van der Waals surface area contributed by atoms with Gasteiger partial charge in [-0.2, -0.15) is 0 Å². The number of carbonyl (C=O) groups excluding carboxylic acids is 1. The van der Waals surface area contributed by atoms with Gasteiger partial charge in [-0.15, -0.1) is 0 Å². The summed E-state index contributed by atoms with van der Waals surface area (Å²) in [7, 11) is 0. The Hall–Kier alpha value is -2.33. The molecule has 2 aromatic carbocycles. The Labute approximate surface area is 149 Å². The van der Waals surface area contributed by atoms with Gasteiger partial charge in [0, 0.05) is 26.1 Å². The van der Waals surface area contributed by atoms with Crippen LogP contribution in [0.5, 0.6) is 0 Å². The number of ether oxygens (including phenoxy) is 1. The molecule has 0 aliphatic carbocycles. The van der Waals surface area contributed by atoms with E-state index in [9.17, 15) is 4.79 Å². The average molecular weight is 338 g/mol. The average Bonchev–Trinajstić information content (AvgIpc) is 2.67. The van der Waals surface area contributed by atoms with Crippen molar-refractivity contribution in [2.24, 2.45) is 0 Å². The number of nitrogens with one attached hydrogen (secondary N) is 1. The third-order valence-electron chi connectivity index (χ3n) is 4.49. The standard InChI is InChI=1S/C21H26N2O2/c24-21(22-13-7-12-18-8-3-1-4-9-18)23-14-15-25-20(17-23)16-19-10-5-2-6-11-19/h1-6,8-11,20H,7,12-17H2,(H,22,24). The Morgan fingerprint density at radius 2 is 1.72 bits per heavy atom. The summed E-state index contributed by atoms with van der Waals surface area (Å²) in [5, 5.41) is 3.04. The first-order valence-electron chi connectivity index (χ1n) is 9.03. The number of carbonyl (C=O) groups is 1. The zero-order chi connectivity index (χ0) is 17.3. The lowest BCUT2D eigenvalue weighted by Crippen LogP contribution is -2.50. The maximum Gasteiger partial charge on any atom is 0.317 e. The van der Waals surface area contributed by atoms with Gasteiger partial charge in [0.2, 0.25) is 0 Å². The van der Waals surface area contributed by atoms with Crippen LogP contribution in [0.2, 0.25) is 0 Å². The van der Waals surface area contributed by atoms with Gasteiger partial charge in [0.25, 0.3) is 0 Å². The fraction of sp³-hybridized carbons (Fsp3) is 0.381. The molecule has 132 valence electrons. The topological polar surface area (TPSA) is 41.6 Å². The van der Waals surface area contributed by atoms with E-state index in [2.05, 4.69) is 41.7 Å². The largest absolute Gasteiger partial charge is 0.374 e. The first-order chi connectivity index (χ1) is 12.3. The zero-order valence-electron chi connectivity index (χ0n) is 14.6. The first-order valence-corrected chi connectivity index (χ1v) is 9.03. The molecule has 1 fully saturated rings. The molecule has 4 nitrogen and oxygen atoms in total. The Kier molecular flexibility index (Phi) is 6.46. The highest BCUT2D eigenvalue weighted by molar-refractivity contribution is 5.74. The number of hydrogen-bond donors (Lipinski definition) is 1. The van der Waals surface area contributed by atoms with Gasteiger partial charge in [-0.05, 0) is 24.0 Å². The van der Waals surface area contributed by atoms with Gasteiger partial charge in [-0.1, -0.05) is 60.7 Å². The van der Waals surface area contributed by atoms with Crippen molar-refractivity contribution in [2.45, 2.75) is 25.4 Å². The van der Waals surface area contributed by atoms with Crippen LogP contribution in [0.15, 0.2) is 60.7 Å². The van der Waals surface area contributed by atoms with E-state index in [0.717, 1.165) is 19.3 Å². The van der Waals surface area contributed by atoms with Gasteiger partial charge in [0.15, 0.2) is 0 Å². The molecule has 0 radical (unpaired) electrons. The lowest BCUT2D eigenvalue weighted by atomic mass is 10.1. The number of rotatable bonds is 6. The van der Waals surface area contributed by atoms with Gasteiger partial charge in [0.1, 0.15) is 0 Å². The molecule has 1 N–H and O–H groups in total. The maximum absolute atomic E-state index is 12.4. The van der Waals surface area contributed by atoms with Crippen LogP contribution < -0.4 is 5.32 Å². The van der Waals surface area contributed by atoms with E-state index in [1.54, 1.807) is 0 Å². The molecule has 0 spiro atoms. The second-order valence-corrected chi connectivity index (χ2v) is 6.45. The fourth-order valence-electron chi connectivity index (χ4n) is 3.15. The van der Waals surface area contributed by atoms with E-state index in [1.807, 2.05) is 29.2 Å². The molecule has 3 rings (SSSR count). The second-order valence-electron chi connectivity index (χ2n) is 6.45. The van der Waals surface area contributed by atoms with Gasteiger partial charge in [-0.25, -0.2) is 4.79 Å². The minimum absolute atomic E-state index is 0.0226. The van der Waals surface area contributed by atoms with Crippen molar-refractivity contribution < 1.29 is 9.53 Å². The van der Waals surface area contributed by atoms with Gasteiger partial charge in [-0.3, -0.25) is 0 Å². The van der Waals surface area contributed by atoms with Crippen LogP contribution in [-0.4, -0.2) is 43.3 Å². The molecule has 1 aliphatic heterocycles. The minimum atomic E-state index is 0.0226. The zero-order valence-corrected chi connectivity index (χ0v) is 14.6. The monoisotopic (exact) mass is 338 g/mol. The highest BCUT2D eigenvalue weighted by Crippen LogP contribution is 2.12. The Bertz CT molecular complexity index is 645. The number of urea groups is 1. The van der Waals surface area contributed by atoms with E-state index < -0.39 is 0 Å². The summed E-state index contributed by atoms with van der Waals surface area (Å²) in [6, 6.07) is 20.7. The summed E-state index contributed by atoms with van der Waals surface area (Å²) in [5.41, 5.74) is 2.56. The molecule has 1 unspecified atom stereocenters. The number of aryl methyl sites for hydroxylation is 1. The molecule has 1 heterocycles. The van der Waals surface area contributed by atoms with E-state index in [4.69, 9.17) is 4.74 Å². The molecule has 2 aromatic rings. The third-order valence-corrected chi connectivity index (χ3v) is 4.49. The first kappa shape index (κ1) is 17.5. The summed E-state index contributed by atoms with van der Waals surface area (Å²) in [6.45, 7) is 2.62. The highest BCUT2D eigenvalue weighted by atomic mass is 16.5. The summed E-state index contributed by atoms with van der Waals surface area (Å²) in [5.74, 6) is 0. The molecule has 4 heteroatoms. The van der Waals surface area contributed by atoms with Crippen LogP contribution in [0.1, 0.15) is 17.5 Å². The fourth-order valence-corrected chi connectivity index (χ4v) is 3.15. The van der Waals surface area contributed by atoms with Gasteiger partial charge in [0.05, 0.1) is 12.7 Å². The second kappa shape index (κ2) is 9.23. The van der Waals surface area contributed by atoms with Crippen LogP contribution in [0.4, 0.5) is 4.79 Å². The van der Waals surface area contributed by atoms with Crippen LogP contribution in [0, 0.1) is 0 Å². The minimum Gasteiger partial charge on any atom is -0.374 e. The van der Waals surface area contributed by atoms with E-state index >= 15 is 0 Å². The molecule has 2 amide bonds. The summed E-state index contributed by atoms with van der Waals surface area (Å²) in [4.78, 5) is 14.2. The van der Waals surface area contributed by atoms with Crippen molar-refractivity contribution in [3.8, 4) is 0 Å². The Morgan fingerprint density at radius 1 is 1.04 bits per heavy atom. The summed E-state index contributed by atoms with van der Waals surface area (Å²) >= 11 is 0. The van der Waals surface area contributed by atoms with E-state index in [0.29, 0.717) is 26.2 Å². The lowest BCUT2D eigenvalue weighted by molar-refractivity contribution is -0.0132. The van der Waals surface area contributed by atoms with Gasteiger partial charge >= 0.3 is 6.03 Å². The SMILES string of the molecule is O=C(NCCCc1ccccc1)N1CCOC(Cc2ccccc2)C1. The smallest absolute Gasteiger partial charge is 0.317 e. The maximum atomic E-state index is 12.4. The highest BCUT2D eigenvalue weighted by Gasteiger charge is 2.24. The van der Waals surface area contributed by atoms with Crippen LogP contribution in [-0.2, 0) is 17.6 Å². The Morgan fingerprint density at radius 3 is 2.44 bits per heavy atom. The van der Waals surface area contributed by atoms with Crippen LogP contribution in [0.25, 0.3) is 0 Å². The normalized spacial score (nSPS) is 17.3. The molecule has 0 aromatic heterocycles. The van der Waals surface area contributed by atoms with Crippen molar-refractivity contribution in [1.82, 2.24) is 10.2 Å². The molecule has 0 bridgehead atoms. The number of hydrogen-bond acceptors (Lipinski definition) is 2. The number of amides is 2. The van der Waals surface area contributed by atoms with E-state index in [1.165, 1.54) is 11.1 Å². The van der Waals surface area contributed by atoms with Crippen molar-refractivity contribution in [1.29, 1.82) is 0 Å². The molecule has 1 aliphatic rings. The quantitative estimate of drug-likeness (QED) is 0.822. The van der Waals surface area contributed by atoms with Crippen molar-refractivity contribution in [3.63, 3.8) is 0 Å². The van der Waals surface area contributed by atoms with Crippen molar-refractivity contribution in [2.75, 3.05) is 26.2 Å². The molecule has 0 saturated carbocycles. The van der Waals surface area contributed by atoms with E-state index in [-0.39, 0.29) is 12.1 Å². The lowest BCUT2D eigenvalue weighted by Gasteiger charge is -2.33. The van der Waals surface area contributed by atoms with Gasteiger partial charge < -0.3 is 15.0 Å². The number of morpholine rings is 1. The Balaban J connectivity index is 1.39. The van der Waals surface area contributed by atoms with Crippen molar-refractivity contribution >= 4 is 6.03 Å². The predicted octanol–water partition coefficient (Wildman–Crippen LogP) is 3.27. The number of benzene rings is 2. The molecule has 1 saturated heterocycles. The number of nitrogens with zero attached hydrogens (tertiary/aromatic N) is 1. The molecular formula is C21H26N2O2. The predicted molar refractivity (Wildman–Crippen MR) is 99.6 cm³/mol. The molecule has 25 heavy (non-hydrogen) atoms. The van der Waals surface area contributed by atoms with Crippen LogP contribution >= 0.6 is 0 Å². The summed E-state index contributed by atoms with van der Waals surface area (Å²) in [6.07, 6.45) is 2.86. The molecular weight excluding hydrogens is 312 g/mol. The van der Waals surface area contributed by atoms with Crippen molar-refractivity contribution in [3.05, 3.63) is 71.8 Å².